The second kappa shape index (κ2) is 3.96. The molecule has 2 heteroatoms. The van der Waals surface area contributed by atoms with E-state index in [1.54, 1.807) is 42.5 Å². The predicted molar refractivity (Wildman–Crippen MR) is 59.6 cm³/mol. The van der Waals surface area contributed by atoms with Gasteiger partial charge in [0.05, 0.1) is 0 Å². The lowest BCUT2D eigenvalue weighted by Crippen LogP contribution is -2.04. The standard InChI is InChI=1S/C13H10NO/c14-12-9-5-4-8-11(12)13(15)10-6-2-1-3-7-10/h2-9H,14H2. The van der Waals surface area contributed by atoms with Gasteiger partial charge in [0.25, 0.3) is 0 Å². The van der Waals surface area contributed by atoms with Gasteiger partial charge in [0.15, 0.2) is 5.78 Å². The van der Waals surface area contributed by atoms with E-state index in [0.717, 1.165) is 0 Å². The zero-order chi connectivity index (χ0) is 10.7. The van der Waals surface area contributed by atoms with Crippen molar-refractivity contribution in [1.29, 1.82) is 0 Å². The first-order valence-corrected chi connectivity index (χ1v) is 4.64. The van der Waals surface area contributed by atoms with E-state index >= 15 is 0 Å². The fourth-order valence-electron chi connectivity index (χ4n) is 1.40. The Bertz CT molecular complexity index is 477. The summed E-state index contributed by atoms with van der Waals surface area (Å²) in [6.45, 7) is 0. The van der Waals surface area contributed by atoms with Crippen molar-refractivity contribution in [3.05, 3.63) is 65.7 Å². The van der Waals surface area contributed by atoms with Gasteiger partial charge in [-0.3, -0.25) is 4.79 Å². The smallest absolute Gasteiger partial charge is 0.195 e. The number of rotatable bonds is 2. The summed E-state index contributed by atoms with van der Waals surface area (Å²) in [5.74, 6) is -0.0536. The molecule has 0 aliphatic rings. The maximum atomic E-state index is 12.0. The van der Waals surface area contributed by atoms with Crippen molar-refractivity contribution in [3.63, 3.8) is 0 Å². The zero-order valence-corrected chi connectivity index (χ0v) is 8.10. The molecule has 0 aromatic heterocycles. The van der Waals surface area contributed by atoms with E-state index in [1.807, 2.05) is 6.07 Å². The third-order valence-electron chi connectivity index (χ3n) is 2.19. The van der Waals surface area contributed by atoms with E-state index in [2.05, 4.69) is 6.07 Å². The van der Waals surface area contributed by atoms with Crippen LogP contribution in [0, 0.1) is 6.07 Å². The molecule has 0 unspecified atom stereocenters. The highest BCUT2D eigenvalue weighted by molar-refractivity contribution is 6.11. The molecule has 2 rings (SSSR count). The minimum absolute atomic E-state index is 0.0536. The number of carbonyl (C=O) groups is 1. The number of hydrogen-bond acceptors (Lipinski definition) is 2. The van der Waals surface area contributed by atoms with Gasteiger partial charge in [-0.05, 0) is 18.2 Å². The van der Waals surface area contributed by atoms with Gasteiger partial charge in [0.2, 0.25) is 0 Å². The Labute approximate surface area is 88.4 Å². The summed E-state index contributed by atoms with van der Waals surface area (Å²) < 4.78 is 0. The lowest BCUT2D eigenvalue weighted by molar-refractivity contribution is 0.103. The lowest BCUT2D eigenvalue weighted by Gasteiger charge is -2.03. The molecular weight excluding hydrogens is 186 g/mol. The van der Waals surface area contributed by atoms with Gasteiger partial charge in [0.1, 0.15) is 0 Å². The second-order valence-electron chi connectivity index (χ2n) is 3.21. The van der Waals surface area contributed by atoms with Crippen LogP contribution in [0.5, 0.6) is 0 Å². The first kappa shape index (κ1) is 9.46. The van der Waals surface area contributed by atoms with Crippen molar-refractivity contribution in [2.45, 2.75) is 0 Å². The minimum Gasteiger partial charge on any atom is -0.398 e. The Balaban J connectivity index is 2.42. The Morgan fingerprint density at radius 2 is 1.73 bits per heavy atom. The quantitative estimate of drug-likeness (QED) is 0.591. The summed E-state index contributed by atoms with van der Waals surface area (Å²) in [4.78, 5) is 12.0. The Kier molecular flexibility index (Phi) is 2.50. The number of nitrogen functional groups attached to an aromatic ring is 1. The van der Waals surface area contributed by atoms with Crippen molar-refractivity contribution in [1.82, 2.24) is 0 Å². The van der Waals surface area contributed by atoms with E-state index in [1.165, 1.54) is 0 Å². The largest absolute Gasteiger partial charge is 0.398 e. The number of hydrogen-bond donors (Lipinski definition) is 1. The second-order valence-corrected chi connectivity index (χ2v) is 3.21. The van der Waals surface area contributed by atoms with Crippen LogP contribution in [0.25, 0.3) is 0 Å². The minimum atomic E-state index is -0.0536. The molecular formula is C13H10NO. The van der Waals surface area contributed by atoms with Gasteiger partial charge in [-0.2, -0.15) is 0 Å². The number of ketones is 1. The summed E-state index contributed by atoms with van der Waals surface area (Å²) in [5.41, 5.74) is 7.42. The highest BCUT2D eigenvalue weighted by Gasteiger charge is 2.10. The molecule has 2 aromatic rings. The zero-order valence-electron chi connectivity index (χ0n) is 8.10. The molecule has 0 atom stereocenters. The predicted octanol–water partition coefficient (Wildman–Crippen LogP) is 2.30. The highest BCUT2D eigenvalue weighted by Crippen LogP contribution is 2.15. The third-order valence-corrected chi connectivity index (χ3v) is 2.19. The molecule has 0 heterocycles. The summed E-state index contributed by atoms with van der Waals surface area (Å²) in [6, 6.07) is 16.8. The highest BCUT2D eigenvalue weighted by atomic mass is 16.1. The van der Waals surface area contributed by atoms with E-state index in [4.69, 9.17) is 5.73 Å². The average Bonchev–Trinajstić information content (AvgIpc) is 2.30. The van der Waals surface area contributed by atoms with E-state index in [0.29, 0.717) is 16.8 Å². The summed E-state index contributed by atoms with van der Waals surface area (Å²) in [5, 5.41) is 0. The molecule has 0 saturated carbocycles. The Morgan fingerprint density at radius 1 is 1.07 bits per heavy atom. The molecule has 15 heavy (non-hydrogen) atoms. The maximum absolute atomic E-state index is 12.0. The van der Waals surface area contributed by atoms with Crippen LogP contribution >= 0.6 is 0 Å². The molecule has 2 aromatic carbocycles. The van der Waals surface area contributed by atoms with E-state index in [-0.39, 0.29) is 5.78 Å². The normalized spacial score (nSPS) is 9.87. The van der Waals surface area contributed by atoms with Crippen LogP contribution in [0.4, 0.5) is 5.69 Å². The fraction of sp³-hybridized carbons (Fsp3) is 0. The molecule has 0 amide bonds. The molecule has 0 bridgehead atoms. The molecule has 0 aliphatic carbocycles. The van der Waals surface area contributed by atoms with Crippen LogP contribution in [-0.2, 0) is 0 Å². The van der Waals surface area contributed by atoms with Crippen molar-refractivity contribution < 1.29 is 4.79 Å². The number of carbonyl (C=O) groups excluding carboxylic acids is 1. The molecule has 73 valence electrons. The van der Waals surface area contributed by atoms with Crippen molar-refractivity contribution in [2.75, 3.05) is 5.73 Å². The number of anilines is 1. The van der Waals surface area contributed by atoms with Gasteiger partial charge in [-0.25, -0.2) is 0 Å². The molecule has 2 N–H and O–H groups in total. The first-order chi connectivity index (χ1) is 7.29. The fourth-order valence-corrected chi connectivity index (χ4v) is 1.40. The first-order valence-electron chi connectivity index (χ1n) is 4.64. The topological polar surface area (TPSA) is 43.1 Å². The van der Waals surface area contributed by atoms with Crippen LogP contribution in [0.1, 0.15) is 15.9 Å². The van der Waals surface area contributed by atoms with Crippen LogP contribution in [0.2, 0.25) is 0 Å². The van der Waals surface area contributed by atoms with Crippen LogP contribution in [0.3, 0.4) is 0 Å². The van der Waals surface area contributed by atoms with Crippen LogP contribution in [0.15, 0.2) is 48.5 Å². The van der Waals surface area contributed by atoms with Gasteiger partial charge in [-0.15, -0.1) is 0 Å². The molecule has 2 nitrogen and oxygen atoms in total. The Morgan fingerprint density at radius 3 is 2.40 bits per heavy atom. The summed E-state index contributed by atoms with van der Waals surface area (Å²) in [6.07, 6.45) is 0. The van der Waals surface area contributed by atoms with Gasteiger partial charge in [0, 0.05) is 16.8 Å². The number of benzene rings is 2. The molecule has 1 radical (unpaired) electrons. The van der Waals surface area contributed by atoms with E-state index < -0.39 is 0 Å². The van der Waals surface area contributed by atoms with Gasteiger partial charge < -0.3 is 5.73 Å². The van der Waals surface area contributed by atoms with Crippen molar-refractivity contribution >= 4 is 11.5 Å². The SMILES string of the molecule is Nc1ccccc1C(=O)c1cc[c]cc1. The molecule has 0 fully saturated rings. The molecule has 0 spiro atoms. The number of para-hydroxylation sites is 1. The average molecular weight is 196 g/mol. The van der Waals surface area contributed by atoms with Gasteiger partial charge in [-0.1, -0.05) is 36.4 Å². The molecule has 0 aliphatic heterocycles. The summed E-state index contributed by atoms with van der Waals surface area (Å²) in [7, 11) is 0. The monoisotopic (exact) mass is 196 g/mol. The van der Waals surface area contributed by atoms with Crippen LogP contribution in [-0.4, -0.2) is 5.78 Å². The Hall–Kier alpha value is -2.09. The summed E-state index contributed by atoms with van der Waals surface area (Å²) >= 11 is 0. The number of nitrogens with two attached hydrogens (primary N) is 1. The van der Waals surface area contributed by atoms with Crippen LogP contribution < -0.4 is 5.73 Å². The van der Waals surface area contributed by atoms with E-state index in [9.17, 15) is 4.79 Å². The van der Waals surface area contributed by atoms with Gasteiger partial charge >= 0.3 is 0 Å². The maximum Gasteiger partial charge on any atom is 0.195 e. The molecule has 0 saturated heterocycles. The third kappa shape index (κ3) is 1.89. The van der Waals surface area contributed by atoms with Crippen molar-refractivity contribution in [2.24, 2.45) is 0 Å². The van der Waals surface area contributed by atoms with Crippen molar-refractivity contribution in [3.8, 4) is 0 Å². The lowest BCUT2D eigenvalue weighted by atomic mass is 10.0.